The van der Waals surface area contributed by atoms with Gasteiger partial charge in [-0.3, -0.25) is 4.79 Å². The van der Waals surface area contributed by atoms with Gasteiger partial charge in [-0.25, -0.2) is 0 Å². The molecule has 0 saturated carbocycles. The van der Waals surface area contributed by atoms with E-state index >= 15 is 0 Å². The van der Waals surface area contributed by atoms with Crippen LogP contribution in [-0.2, 0) is 4.79 Å². The summed E-state index contributed by atoms with van der Waals surface area (Å²) in [7, 11) is 0. The van der Waals surface area contributed by atoms with Crippen LogP contribution in [0.2, 0.25) is 0 Å². The summed E-state index contributed by atoms with van der Waals surface area (Å²) in [6.45, 7) is 5.12. The molecule has 0 fully saturated rings. The number of carbonyl (C=O) groups excluding carboxylic acids is 1. The summed E-state index contributed by atoms with van der Waals surface area (Å²) >= 11 is 0. The molecule has 2 nitrogen and oxygen atoms in total. The first-order chi connectivity index (χ1) is 3.72. The van der Waals surface area contributed by atoms with E-state index in [1.165, 1.54) is 0 Å². The van der Waals surface area contributed by atoms with Crippen LogP contribution >= 0.6 is 0 Å². The Bertz CT molecular complexity index is 96.7. The van der Waals surface area contributed by atoms with Crippen LogP contribution in [0.1, 0.15) is 13.3 Å². The number of aldehydes is 1. The van der Waals surface area contributed by atoms with Gasteiger partial charge in [0.2, 0.25) is 0 Å². The normalized spacial score (nSPS) is 12.8. The van der Waals surface area contributed by atoms with Gasteiger partial charge in [0.25, 0.3) is 0 Å². The van der Waals surface area contributed by atoms with E-state index < -0.39 is 6.10 Å². The molecule has 0 aromatic carbocycles. The molecule has 0 radical (unpaired) electrons. The molecule has 0 rings (SSSR count). The highest BCUT2D eigenvalue weighted by Gasteiger charge is 2.01. The fourth-order valence-corrected chi connectivity index (χ4v) is 0.341. The molecule has 0 aliphatic rings. The monoisotopic (exact) mass is 114 g/mol. The van der Waals surface area contributed by atoms with Crippen molar-refractivity contribution in [2.45, 2.75) is 19.4 Å². The largest absolute Gasteiger partial charge is 0.388 e. The van der Waals surface area contributed by atoms with Crippen molar-refractivity contribution in [1.29, 1.82) is 0 Å². The average Bonchev–Trinajstić information content (AvgIpc) is 1.84. The second-order valence-corrected chi connectivity index (χ2v) is 1.62. The zero-order valence-electron chi connectivity index (χ0n) is 4.92. The molecule has 0 amide bonds. The van der Waals surface area contributed by atoms with Gasteiger partial charge in [0, 0.05) is 5.57 Å². The fourth-order valence-electron chi connectivity index (χ4n) is 0.341. The van der Waals surface area contributed by atoms with Crippen molar-refractivity contribution in [3.63, 3.8) is 0 Å². The minimum Gasteiger partial charge on any atom is -0.388 e. The Morgan fingerprint density at radius 2 is 2.50 bits per heavy atom. The second kappa shape index (κ2) is 3.38. The van der Waals surface area contributed by atoms with Crippen molar-refractivity contribution in [3.8, 4) is 0 Å². The van der Waals surface area contributed by atoms with Crippen molar-refractivity contribution in [2.75, 3.05) is 0 Å². The smallest absolute Gasteiger partial charge is 0.148 e. The predicted octanol–water partition coefficient (Wildman–Crippen LogP) is 0.512. The summed E-state index contributed by atoms with van der Waals surface area (Å²) in [4.78, 5) is 9.85. The maximum atomic E-state index is 9.85. The summed E-state index contributed by atoms with van der Waals surface area (Å²) < 4.78 is 0. The molecule has 0 aliphatic heterocycles. The van der Waals surface area contributed by atoms with Crippen LogP contribution in [0.5, 0.6) is 0 Å². The number of carbonyl (C=O) groups is 1. The van der Waals surface area contributed by atoms with Gasteiger partial charge < -0.3 is 5.11 Å². The van der Waals surface area contributed by atoms with E-state index in [1.54, 1.807) is 6.92 Å². The quantitative estimate of drug-likeness (QED) is 0.429. The summed E-state index contributed by atoms with van der Waals surface area (Å²) in [5.74, 6) is 0. The molecule has 1 atom stereocenters. The van der Waals surface area contributed by atoms with Crippen LogP contribution in [-0.4, -0.2) is 17.5 Å². The number of rotatable bonds is 3. The highest BCUT2D eigenvalue weighted by Crippen LogP contribution is 1.98. The lowest BCUT2D eigenvalue weighted by Crippen LogP contribution is -2.07. The van der Waals surface area contributed by atoms with Gasteiger partial charge >= 0.3 is 0 Å². The average molecular weight is 114 g/mol. The van der Waals surface area contributed by atoms with E-state index in [1.807, 2.05) is 0 Å². The molecule has 0 spiro atoms. The van der Waals surface area contributed by atoms with Crippen molar-refractivity contribution in [2.24, 2.45) is 0 Å². The first kappa shape index (κ1) is 7.37. The van der Waals surface area contributed by atoms with Crippen LogP contribution in [0.15, 0.2) is 12.2 Å². The van der Waals surface area contributed by atoms with Gasteiger partial charge in [-0.15, -0.1) is 0 Å². The molecule has 0 saturated heterocycles. The number of aliphatic hydroxyl groups excluding tert-OH is 1. The zero-order valence-corrected chi connectivity index (χ0v) is 4.92. The van der Waals surface area contributed by atoms with Crippen LogP contribution in [0.4, 0.5) is 0 Å². The first-order valence-electron chi connectivity index (χ1n) is 2.54. The Balaban J connectivity index is 3.62. The molecule has 0 aromatic heterocycles. The number of hydrogen-bond donors (Lipinski definition) is 1. The van der Waals surface area contributed by atoms with E-state index in [0.29, 0.717) is 12.7 Å². The zero-order chi connectivity index (χ0) is 6.57. The Labute approximate surface area is 48.8 Å². The molecule has 46 valence electrons. The van der Waals surface area contributed by atoms with Crippen LogP contribution in [0.25, 0.3) is 0 Å². The number of hydrogen-bond acceptors (Lipinski definition) is 2. The maximum Gasteiger partial charge on any atom is 0.148 e. The molecule has 0 heterocycles. The predicted molar refractivity (Wildman–Crippen MR) is 31.5 cm³/mol. The van der Waals surface area contributed by atoms with Crippen LogP contribution in [0.3, 0.4) is 0 Å². The molecule has 1 unspecified atom stereocenters. The topological polar surface area (TPSA) is 37.3 Å². The highest BCUT2D eigenvalue weighted by atomic mass is 16.3. The molecular weight excluding hydrogens is 104 g/mol. The lowest BCUT2D eigenvalue weighted by Gasteiger charge is -2.02. The summed E-state index contributed by atoms with van der Waals surface area (Å²) in [6.07, 6.45) is 0.485. The van der Waals surface area contributed by atoms with Crippen molar-refractivity contribution in [3.05, 3.63) is 12.2 Å². The highest BCUT2D eigenvalue weighted by molar-refractivity contribution is 5.73. The van der Waals surface area contributed by atoms with Crippen LogP contribution < -0.4 is 0 Å². The minimum atomic E-state index is -0.646. The van der Waals surface area contributed by atoms with Crippen molar-refractivity contribution < 1.29 is 9.90 Å². The van der Waals surface area contributed by atoms with E-state index in [2.05, 4.69) is 6.58 Å². The van der Waals surface area contributed by atoms with Crippen molar-refractivity contribution in [1.82, 2.24) is 0 Å². The summed E-state index contributed by atoms with van der Waals surface area (Å²) in [6, 6.07) is 0. The van der Waals surface area contributed by atoms with Crippen molar-refractivity contribution >= 4 is 6.29 Å². The van der Waals surface area contributed by atoms with Gasteiger partial charge in [0.15, 0.2) is 0 Å². The summed E-state index contributed by atoms with van der Waals surface area (Å²) in [5, 5.41) is 8.80. The molecule has 0 aliphatic carbocycles. The maximum absolute atomic E-state index is 9.85. The number of aliphatic hydroxyl groups is 1. The summed E-state index contributed by atoms with van der Waals surface area (Å²) in [5.41, 5.74) is 0.257. The Hall–Kier alpha value is -0.630. The lowest BCUT2D eigenvalue weighted by molar-refractivity contribution is -0.105. The van der Waals surface area contributed by atoms with E-state index in [9.17, 15) is 4.79 Å². The van der Waals surface area contributed by atoms with E-state index in [0.717, 1.165) is 0 Å². The molecule has 8 heavy (non-hydrogen) atoms. The first-order valence-corrected chi connectivity index (χ1v) is 2.54. The third kappa shape index (κ3) is 1.89. The van der Waals surface area contributed by atoms with Gasteiger partial charge in [-0.2, -0.15) is 0 Å². The van der Waals surface area contributed by atoms with Gasteiger partial charge in [0.05, 0.1) is 6.10 Å². The Kier molecular flexibility index (Phi) is 3.12. The molecule has 0 aromatic rings. The molecular formula is C6H10O2. The van der Waals surface area contributed by atoms with Gasteiger partial charge in [-0.1, -0.05) is 13.5 Å². The molecule has 2 heteroatoms. The van der Waals surface area contributed by atoms with Gasteiger partial charge in [0.1, 0.15) is 6.29 Å². The van der Waals surface area contributed by atoms with E-state index in [-0.39, 0.29) is 5.57 Å². The molecule has 0 bridgehead atoms. The Morgan fingerprint density at radius 1 is 2.00 bits per heavy atom. The lowest BCUT2D eigenvalue weighted by atomic mass is 10.1. The van der Waals surface area contributed by atoms with E-state index in [4.69, 9.17) is 5.11 Å². The third-order valence-corrected chi connectivity index (χ3v) is 0.966. The standard InChI is InChI=1S/C6H10O2/c1-3-6(8)5(2)4-7/h4,6,8H,2-3H2,1H3. The third-order valence-electron chi connectivity index (χ3n) is 0.966. The van der Waals surface area contributed by atoms with Gasteiger partial charge in [-0.05, 0) is 6.42 Å². The fraction of sp³-hybridized carbons (Fsp3) is 0.500. The minimum absolute atomic E-state index is 0.257. The Morgan fingerprint density at radius 3 is 2.62 bits per heavy atom. The molecule has 1 N–H and O–H groups in total. The second-order valence-electron chi connectivity index (χ2n) is 1.62. The van der Waals surface area contributed by atoms with Crippen LogP contribution in [0, 0.1) is 0 Å². The SMILES string of the molecule is C=C(C=O)C(O)CC.